The average molecular weight is 390 g/mol. The number of amides is 1. The second-order valence-electron chi connectivity index (χ2n) is 4.81. The zero-order valence-electron chi connectivity index (χ0n) is 10.7. The van der Waals surface area contributed by atoms with Gasteiger partial charge in [0.1, 0.15) is 0 Å². The number of carbonyl (C=O) groups is 1. The summed E-state index contributed by atoms with van der Waals surface area (Å²) < 4.78 is 0.905. The van der Waals surface area contributed by atoms with Crippen LogP contribution in [0.3, 0.4) is 0 Å². The number of rotatable bonds is 4. The fourth-order valence-corrected chi connectivity index (χ4v) is 3.67. The molecular formula is C15H17ClINO. The highest BCUT2D eigenvalue weighted by Gasteiger charge is 2.27. The standard InChI is InChI=1S/C15H17ClINO/c1-2-9-18(12-5-3-4-6-12)15(19)13-8-7-11(16)10-14(13)17/h2,7-8,10,12H,1,3-6,9H2. The molecule has 1 aliphatic carbocycles. The van der Waals surface area contributed by atoms with Crippen molar-refractivity contribution in [1.29, 1.82) is 0 Å². The average Bonchev–Trinajstić information content (AvgIpc) is 2.89. The first-order valence-corrected chi connectivity index (χ1v) is 7.96. The van der Waals surface area contributed by atoms with Gasteiger partial charge in [-0.1, -0.05) is 30.5 Å². The van der Waals surface area contributed by atoms with Crippen LogP contribution in [0, 0.1) is 3.57 Å². The summed E-state index contributed by atoms with van der Waals surface area (Å²) in [6.45, 7) is 4.38. The van der Waals surface area contributed by atoms with Gasteiger partial charge in [0.05, 0.1) is 5.56 Å². The summed E-state index contributed by atoms with van der Waals surface area (Å²) in [4.78, 5) is 14.6. The number of hydrogen-bond donors (Lipinski definition) is 0. The van der Waals surface area contributed by atoms with Gasteiger partial charge in [0.2, 0.25) is 0 Å². The molecule has 0 aromatic heterocycles. The first-order chi connectivity index (χ1) is 9.13. The lowest BCUT2D eigenvalue weighted by Gasteiger charge is -2.28. The number of carbonyl (C=O) groups excluding carboxylic acids is 1. The predicted molar refractivity (Wildman–Crippen MR) is 87.7 cm³/mol. The largest absolute Gasteiger partial charge is 0.332 e. The summed E-state index contributed by atoms with van der Waals surface area (Å²) in [5, 5.41) is 0.664. The third-order valence-corrected chi connectivity index (χ3v) is 4.64. The summed E-state index contributed by atoms with van der Waals surface area (Å²) in [6.07, 6.45) is 6.43. The molecule has 4 heteroatoms. The molecule has 0 N–H and O–H groups in total. The first kappa shape index (κ1) is 14.9. The van der Waals surface area contributed by atoms with Crippen molar-refractivity contribution in [3.8, 4) is 0 Å². The van der Waals surface area contributed by atoms with Crippen molar-refractivity contribution in [3.05, 3.63) is 45.0 Å². The van der Waals surface area contributed by atoms with E-state index in [1.54, 1.807) is 12.1 Å². The third-order valence-electron chi connectivity index (χ3n) is 3.51. The second-order valence-corrected chi connectivity index (χ2v) is 6.41. The molecule has 0 spiro atoms. The Morgan fingerprint density at radius 1 is 1.47 bits per heavy atom. The Hall–Kier alpha value is -0.550. The molecule has 102 valence electrons. The third kappa shape index (κ3) is 3.51. The second kappa shape index (κ2) is 6.75. The highest BCUT2D eigenvalue weighted by Crippen LogP contribution is 2.26. The molecule has 1 amide bonds. The van der Waals surface area contributed by atoms with Crippen LogP contribution in [0.25, 0.3) is 0 Å². The number of benzene rings is 1. The van der Waals surface area contributed by atoms with Crippen LogP contribution in [0.2, 0.25) is 5.02 Å². The van der Waals surface area contributed by atoms with Gasteiger partial charge in [-0.3, -0.25) is 4.79 Å². The summed E-state index contributed by atoms with van der Waals surface area (Å²) in [6, 6.07) is 5.78. The molecule has 0 aliphatic heterocycles. The van der Waals surface area contributed by atoms with Crippen molar-refractivity contribution in [1.82, 2.24) is 4.90 Å². The minimum absolute atomic E-state index is 0.0906. The van der Waals surface area contributed by atoms with E-state index in [0.29, 0.717) is 17.6 Å². The smallest absolute Gasteiger partial charge is 0.255 e. The Bertz CT molecular complexity index is 483. The van der Waals surface area contributed by atoms with Crippen LogP contribution in [-0.2, 0) is 0 Å². The summed E-state index contributed by atoms with van der Waals surface area (Å²) in [5.41, 5.74) is 0.735. The molecule has 0 unspecified atom stereocenters. The van der Waals surface area contributed by atoms with Crippen LogP contribution in [-0.4, -0.2) is 23.4 Å². The van der Waals surface area contributed by atoms with Gasteiger partial charge >= 0.3 is 0 Å². The predicted octanol–water partition coefficient (Wildman–Crippen LogP) is 4.52. The van der Waals surface area contributed by atoms with Crippen molar-refractivity contribution in [2.24, 2.45) is 0 Å². The van der Waals surface area contributed by atoms with E-state index in [2.05, 4.69) is 29.2 Å². The van der Waals surface area contributed by atoms with E-state index in [9.17, 15) is 4.79 Å². The molecule has 19 heavy (non-hydrogen) atoms. The molecule has 0 saturated heterocycles. The highest BCUT2D eigenvalue weighted by molar-refractivity contribution is 14.1. The molecule has 1 aromatic carbocycles. The molecule has 1 saturated carbocycles. The van der Waals surface area contributed by atoms with Crippen LogP contribution in [0.1, 0.15) is 36.0 Å². The molecule has 0 radical (unpaired) electrons. The van der Waals surface area contributed by atoms with E-state index in [1.807, 2.05) is 17.0 Å². The Morgan fingerprint density at radius 2 is 2.16 bits per heavy atom. The molecule has 2 rings (SSSR count). The maximum Gasteiger partial charge on any atom is 0.255 e. The van der Waals surface area contributed by atoms with Crippen molar-refractivity contribution < 1.29 is 4.79 Å². The lowest BCUT2D eigenvalue weighted by Crippen LogP contribution is -2.39. The first-order valence-electron chi connectivity index (χ1n) is 6.50. The van der Waals surface area contributed by atoms with E-state index >= 15 is 0 Å². The monoisotopic (exact) mass is 389 g/mol. The van der Waals surface area contributed by atoms with E-state index < -0.39 is 0 Å². The van der Waals surface area contributed by atoms with Crippen molar-refractivity contribution in [2.75, 3.05) is 6.54 Å². The summed E-state index contributed by atoms with van der Waals surface area (Å²) in [7, 11) is 0. The lowest BCUT2D eigenvalue weighted by atomic mass is 10.1. The van der Waals surface area contributed by atoms with Crippen LogP contribution in [0.4, 0.5) is 0 Å². The van der Waals surface area contributed by atoms with Gasteiger partial charge in [-0.05, 0) is 53.6 Å². The lowest BCUT2D eigenvalue weighted by molar-refractivity contribution is 0.0705. The van der Waals surface area contributed by atoms with E-state index in [4.69, 9.17) is 11.6 Å². The van der Waals surface area contributed by atoms with E-state index in [0.717, 1.165) is 22.0 Å². The van der Waals surface area contributed by atoms with Crippen LogP contribution in [0.5, 0.6) is 0 Å². The maximum atomic E-state index is 12.7. The minimum atomic E-state index is 0.0906. The van der Waals surface area contributed by atoms with Crippen LogP contribution in [0.15, 0.2) is 30.9 Å². The van der Waals surface area contributed by atoms with Crippen LogP contribution >= 0.6 is 34.2 Å². The van der Waals surface area contributed by atoms with Gasteiger partial charge in [0.15, 0.2) is 0 Å². The Kier molecular flexibility index (Phi) is 5.28. The van der Waals surface area contributed by atoms with E-state index in [-0.39, 0.29) is 5.91 Å². The quantitative estimate of drug-likeness (QED) is 0.548. The van der Waals surface area contributed by atoms with Crippen LogP contribution < -0.4 is 0 Å². The molecule has 0 atom stereocenters. The van der Waals surface area contributed by atoms with E-state index in [1.165, 1.54) is 12.8 Å². The van der Waals surface area contributed by atoms with Gasteiger partial charge in [0, 0.05) is 21.2 Å². The van der Waals surface area contributed by atoms with Gasteiger partial charge in [-0.15, -0.1) is 6.58 Å². The molecule has 2 nitrogen and oxygen atoms in total. The fourth-order valence-electron chi connectivity index (χ4n) is 2.57. The SMILES string of the molecule is C=CCN(C(=O)c1ccc(Cl)cc1I)C1CCCC1. The summed E-state index contributed by atoms with van der Waals surface area (Å²) >= 11 is 8.11. The van der Waals surface area contributed by atoms with Gasteiger partial charge in [-0.25, -0.2) is 0 Å². The highest BCUT2D eigenvalue weighted by atomic mass is 127. The molecule has 1 aliphatic rings. The molecular weight excluding hydrogens is 373 g/mol. The maximum absolute atomic E-state index is 12.7. The molecule has 0 heterocycles. The number of hydrogen-bond acceptors (Lipinski definition) is 1. The Balaban J connectivity index is 2.25. The van der Waals surface area contributed by atoms with Gasteiger partial charge in [0.25, 0.3) is 5.91 Å². The molecule has 0 bridgehead atoms. The summed E-state index contributed by atoms with van der Waals surface area (Å²) in [5.74, 6) is 0.0906. The Labute approximate surface area is 133 Å². The topological polar surface area (TPSA) is 20.3 Å². The van der Waals surface area contributed by atoms with Crippen molar-refractivity contribution >= 4 is 40.1 Å². The van der Waals surface area contributed by atoms with Gasteiger partial charge < -0.3 is 4.90 Å². The number of halogens is 2. The zero-order valence-corrected chi connectivity index (χ0v) is 13.7. The fraction of sp³-hybridized carbons (Fsp3) is 0.400. The molecule has 1 aromatic rings. The normalized spacial score (nSPS) is 15.5. The number of nitrogens with zero attached hydrogens (tertiary/aromatic N) is 1. The molecule has 1 fully saturated rings. The van der Waals surface area contributed by atoms with Crippen molar-refractivity contribution in [3.63, 3.8) is 0 Å². The van der Waals surface area contributed by atoms with Crippen molar-refractivity contribution in [2.45, 2.75) is 31.7 Å². The minimum Gasteiger partial charge on any atom is -0.332 e. The zero-order chi connectivity index (χ0) is 13.8. The Morgan fingerprint density at radius 3 is 2.74 bits per heavy atom. The van der Waals surface area contributed by atoms with Gasteiger partial charge in [-0.2, -0.15) is 0 Å².